The second-order valence-corrected chi connectivity index (χ2v) is 5.36. The molecule has 3 heteroatoms. The number of rotatable bonds is 6. The smallest absolute Gasteiger partial charge is 0.0291 e. The molecule has 0 saturated carbocycles. The molecule has 1 unspecified atom stereocenters. The van der Waals surface area contributed by atoms with Gasteiger partial charge in [-0.1, -0.05) is 36.2 Å². The first kappa shape index (κ1) is 14.6. The van der Waals surface area contributed by atoms with Gasteiger partial charge in [0.05, 0.1) is 0 Å². The molecule has 0 aliphatic carbocycles. The molecule has 1 N–H and O–H groups in total. The summed E-state index contributed by atoms with van der Waals surface area (Å²) in [4.78, 5) is 1.29. The first-order valence-electron chi connectivity index (χ1n) is 5.89. The summed E-state index contributed by atoms with van der Waals surface area (Å²) in [6.45, 7) is 7.35. The van der Waals surface area contributed by atoms with Crippen LogP contribution < -0.4 is 5.32 Å². The number of nitrogens with one attached hydrogen (secondary N) is 1. The van der Waals surface area contributed by atoms with Crippen LogP contribution in [-0.4, -0.2) is 12.3 Å². The SMILES string of the molecule is CCNC(C)c1ccc(SC/C(C)=C/Cl)cc1. The number of hydrogen-bond donors (Lipinski definition) is 1. The molecule has 1 rings (SSSR count). The minimum Gasteiger partial charge on any atom is -0.310 e. The topological polar surface area (TPSA) is 12.0 Å². The normalized spacial score (nSPS) is 13.8. The maximum Gasteiger partial charge on any atom is 0.0291 e. The van der Waals surface area contributed by atoms with Gasteiger partial charge in [0, 0.05) is 22.2 Å². The van der Waals surface area contributed by atoms with Crippen molar-refractivity contribution in [2.75, 3.05) is 12.3 Å². The van der Waals surface area contributed by atoms with Crippen LogP contribution in [0.3, 0.4) is 0 Å². The fourth-order valence-electron chi connectivity index (χ4n) is 1.51. The zero-order valence-electron chi connectivity index (χ0n) is 10.7. The molecule has 1 nitrogen and oxygen atoms in total. The molecule has 94 valence electrons. The van der Waals surface area contributed by atoms with E-state index in [9.17, 15) is 0 Å². The molecule has 0 fully saturated rings. The van der Waals surface area contributed by atoms with E-state index in [2.05, 4.69) is 43.4 Å². The molecule has 0 amide bonds. The average molecular weight is 270 g/mol. The van der Waals surface area contributed by atoms with E-state index in [-0.39, 0.29) is 0 Å². The van der Waals surface area contributed by atoms with Gasteiger partial charge in [-0.2, -0.15) is 0 Å². The third-order valence-electron chi connectivity index (χ3n) is 2.54. The highest BCUT2D eigenvalue weighted by Crippen LogP contribution is 2.22. The van der Waals surface area contributed by atoms with Crippen LogP contribution in [0.2, 0.25) is 0 Å². The third-order valence-corrected chi connectivity index (χ3v) is 4.12. The average Bonchev–Trinajstić information content (AvgIpc) is 2.36. The third kappa shape index (κ3) is 5.15. The summed E-state index contributed by atoms with van der Waals surface area (Å²) in [5.41, 5.74) is 4.18. The van der Waals surface area contributed by atoms with E-state index in [0.717, 1.165) is 12.3 Å². The van der Waals surface area contributed by atoms with Crippen molar-refractivity contribution in [3.63, 3.8) is 0 Å². The van der Waals surface area contributed by atoms with Crippen molar-refractivity contribution in [3.05, 3.63) is 40.9 Å². The van der Waals surface area contributed by atoms with Crippen molar-refractivity contribution < 1.29 is 0 Å². The van der Waals surface area contributed by atoms with E-state index < -0.39 is 0 Å². The molecule has 17 heavy (non-hydrogen) atoms. The second kappa shape index (κ2) is 7.80. The van der Waals surface area contributed by atoms with Crippen molar-refractivity contribution in [1.82, 2.24) is 5.32 Å². The van der Waals surface area contributed by atoms with Gasteiger partial charge in [-0.3, -0.25) is 0 Å². The summed E-state index contributed by atoms with van der Waals surface area (Å²) in [7, 11) is 0. The van der Waals surface area contributed by atoms with Gasteiger partial charge >= 0.3 is 0 Å². The Kier molecular flexibility index (Phi) is 6.71. The van der Waals surface area contributed by atoms with E-state index in [1.54, 1.807) is 5.54 Å². The summed E-state index contributed by atoms with van der Waals surface area (Å²) in [6.07, 6.45) is 0. The van der Waals surface area contributed by atoms with Crippen LogP contribution in [0.1, 0.15) is 32.4 Å². The van der Waals surface area contributed by atoms with Crippen molar-refractivity contribution in [3.8, 4) is 0 Å². The van der Waals surface area contributed by atoms with Crippen molar-refractivity contribution in [1.29, 1.82) is 0 Å². The van der Waals surface area contributed by atoms with Gasteiger partial charge in [-0.15, -0.1) is 11.8 Å². The van der Waals surface area contributed by atoms with Gasteiger partial charge in [0.2, 0.25) is 0 Å². The Morgan fingerprint density at radius 2 is 2.06 bits per heavy atom. The lowest BCUT2D eigenvalue weighted by molar-refractivity contribution is 0.598. The van der Waals surface area contributed by atoms with Gasteiger partial charge in [0.15, 0.2) is 0 Å². The summed E-state index contributed by atoms with van der Waals surface area (Å²) in [5, 5.41) is 3.41. The standard InChI is InChI=1S/C14H20ClNS/c1-4-16-12(3)13-5-7-14(8-6-13)17-10-11(2)9-15/h5-9,12,16H,4,10H2,1-3H3/b11-9+. The number of hydrogen-bond acceptors (Lipinski definition) is 2. The first-order valence-corrected chi connectivity index (χ1v) is 7.31. The van der Waals surface area contributed by atoms with Gasteiger partial charge in [-0.05, 0) is 38.1 Å². The Hall–Kier alpha value is -0.440. The predicted molar refractivity (Wildman–Crippen MR) is 78.9 cm³/mol. The largest absolute Gasteiger partial charge is 0.310 e. The fourth-order valence-corrected chi connectivity index (χ4v) is 2.48. The van der Waals surface area contributed by atoms with Crippen LogP contribution in [0.15, 0.2) is 40.3 Å². The molecule has 1 atom stereocenters. The van der Waals surface area contributed by atoms with Crippen LogP contribution in [0.5, 0.6) is 0 Å². The monoisotopic (exact) mass is 269 g/mol. The van der Waals surface area contributed by atoms with Gasteiger partial charge in [-0.25, -0.2) is 0 Å². The molecule has 0 radical (unpaired) electrons. The van der Waals surface area contributed by atoms with Gasteiger partial charge in [0.1, 0.15) is 0 Å². The lowest BCUT2D eigenvalue weighted by Gasteiger charge is -2.13. The van der Waals surface area contributed by atoms with Crippen molar-refractivity contribution in [2.24, 2.45) is 0 Å². The molecule has 0 aromatic heterocycles. The quantitative estimate of drug-likeness (QED) is 0.758. The van der Waals surface area contributed by atoms with E-state index >= 15 is 0 Å². The second-order valence-electron chi connectivity index (χ2n) is 4.09. The maximum absolute atomic E-state index is 5.64. The molecular formula is C14H20ClNS. The Balaban J connectivity index is 2.55. The molecule has 0 saturated heterocycles. The zero-order valence-corrected chi connectivity index (χ0v) is 12.2. The van der Waals surface area contributed by atoms with Crippen molar-refractivity contribution in [2.45, 2.75) is 31.7 Å². The van der Waals surface area contributed by atoms with Crippen molar-refractivity contribution >= 4 is 23.4 Å². The van der Waals surface area contributed by atoms with Crippen LogP contribution in [0.4, 0.5) is 0 Å². The molecule has 0 spiro atoms. The Labute approximate surface area is 114 Å². The van der Waals surface area contributed by atoms with Crippen LogP contribution in [0.25, 0.3) is 0 Å². The lowest BCUT2D eigenvalue weighted by Crippen LogP contribution is -2.17. The number of halogens is 1. The minimum absolute atomic E-state index is 0.420. The fraction of sp³-hybridized carbons (Fsp3) is 0.429. The lowest BCUT2D eigenvalue weighted by atomic mass is 10.1. The molecule has 0 heterocycles. The summed E-state index contributed by atoms with van der Waals surface area (Å²) >= 11 is 7.45. The van der Waals surface area contributed by atoms with Crippen LogP contribution in [0, 0.1) is 0 Å². The zero-order chi connectivity index (χ0) is 12.7. The summed E-state index contributed by atoms with van der Waals surface area (Å²) in [5.74, 6) is 0.950. The highest BCUT2D eigenvalue weighted by atomic mass is 35.5. The molecular weight excluding hydrogens is 250 g/mol. The summed E-state index contributed by atoms with van der Waals surface area (Å²) < 4.78 is 0. The molecule has 1 aromatic carbocycles. The minimum atomic E-state index is 0.420. The summed E-state index contributed by atoms with van der Waals surface area (Å²) in [6, 6.07) is 9.15. The molecule has 0 bridgehead atoms. The number of thioether (sulfide) groups is 1. The predicted octanol–water partition coefficient (Wildman–Crippen LogP) is 4.59. The van der Waals surface area contributed by atoms with E-state index in [0.29, 0.717) is 6.04 Å². The first-order chi connectivity index (χ1) is 8.17. The molecule has 0 aliphatic rings. The van der Waals surface area contributed by atoms with E-state index in [4.69, 9.17) is 11.6 Å². The molecule has 1 aromatic rings. The van der Waals surface area contributed by atoms with Gasteiger partial charge in [0.25, 0.3) is 0 Å². The van der Waals surface area contributed by atoms with Crippen LogP contribution in [-0.2, 0) is 0 Å². The van der Waals surface area contributed by atoms with E-state index in [1.807, 2.05) is 18.7 Å². The Morgan fingerprint density at radius 3 is 2.59 bits per heavy atom. The number of benzene rings is 1. The Morgan fingerprint density at radius 1 is 1.41 bits per heavy atom. The molecule has 0 aliphatic heterocycles. The van der Waals surface area contributed by atoms with Crippen LogP contribution >= 0.6 is 23.4 Å². The highest BCUT2D eigenvalue weighted by Gasteiger charge is 2.03. The maximum atomic E-state index is 5.64. The van der Waals surface area contributed by atoms with E-state index in [1.165, 1.54) is 16.0 Å². The van der Waals surface area contributed by atoms with Gasteiger partial charge < -0.3 is 5.32 Å². The highest BCUT2D eigenvalue weighted by molar-refractivity contribution is 7.99. The Bertz CT molecular complexity index is 359.